The van der Waals surface area contributed by atoms with Crippen molar-refractivity contribution in [3.63, 3.8) is 0 Å². The third-order valence-corrected chi connectivity index (χ3v) is 4.02. The minimum absolute atomic E-state index is 0.0480. The summed E-state index contributed by atoms with van der Waals surface area (Å²) < 4.78 is 0.626. The largest absolute Gasteiger partial charge is 0.324 e. The Morgan fingerprint density at radius 3 is 2.89 bits per heavy atom. The number of nitro benzene ring substituents is 1. The van der Waals surface area contributed by atoms with Crippen LogP contribution in [0, 0.1) is 15.5 Å². The first kappa shape index (κ1) is 14.0. The van der Waals surface area contributed by atoms with E-state index in [-0.39, 0.29) is 11.6 Å². The van der Waals surface area contributed by atoms with E-state index in [0.29, 0.717) is 16.7 Å². The van der Waals surface area contributed by atoms with Crippen molar-refractivity contribution in [3.05, 3.63) is 32.8 Å². The van der Waals surface area contributed by atoms with Gasteiger partial charge >= 0.3 is 0 Å². The molecule has 7 heteroatoms. The molecule has 102 valence electrons. The highest BCUT2D eigenvalue weighted by molar-refractivity contribution is 9.10. The fourth-order valence-electron chi connectivity index (χ4n) is 2.01. The van der Waals surface area contributed by atoms with Gasteiger partial charge in [-0.3, -0.25) is 14.9 Å². The molecule has 1 amide bonds. The van der Waals surface area contributed by atoms with Crippen LogP contribution in [0.3, 0.4) is 0 Å². The molecule has 1 saturated heterocycles. The molecule has 2 N–H and O–H groups in total. The Balaban J connectivity index is 2.20. The van der Waals surface area contributed by atoms with Crippen molar-refractivity contribution in [3.8, 4) is 0 Å². The first-order valence-corrected chi connectivity index (χ1v) is 6.68. The van der Waals surface area contributed by atoms with E-state index in [0.717, 1.165) is 13.0 Å². The molecule has 0 bridgehead atoms. The number of nitro groups is 1. The maximum absolute atomic E-state index is 12.2. The fourth-order valence-corrected chi connectivity index (χ4v) is 2.35. The molecular formula is C12H14BrN3O3. The van der Waals surface area contributed by atoms with Gasteiger partial charge in [0.2, 0.25) is 5.91 Å². The SMILES string of the molecule is CC1(C(=O)Nc2cc([N+](=O)[O-])ccc2Br)CCNC1. The van der Waals surface area contributed by atoms with E-state index in [1.54, 1.807) is 6.07 Å². The van der Waals surface area contributed by atoms with Gasteiger partial charge in [0.25, 0.3) is 5.69 Å². The first-order chi connectivity index (χ1) is 8.92. The summed E-state index contributed by atoms with van der Waals surface area (Å²) in [6, 6.07) is 4.30. The van der Waals surface area contributed by atoms with E-state index >= 15 is 0 Å². The molecule has 2 rings (SSSR count). The number of nitrogens with one attached hydrogen (secondary N) is 2. The molecule has 1 aromatic rings. The van der Waals surface area contributed by atoms with Crippen molar-refractivity contribution in [2.45, 2.75) is 13.3 Å². The smallest absolute Gasteiger partial charge is 0.271 e. The summed E-state index contributed by atoms with van der Waals surface area (Å²) in [7, 11) is 0. The molecule has 1 unspecified atom stereocenters. The van der Waals surface area contributed by atoms with Gasteiger partial charge < -0.3 is 10.6 Å². The summed E-state index contributed by atoms with van der Waals surface area (Å²) in [4.78, 5) is 22.5. The summed E-state index contributed by atoms with van der Waals surface area (Å²) in [6.45, 7) is 3.30. The van der Waals surface area contributed by atoms with Gasteiger partial charge in [-0.15, -0.1) is 0 Å². The molecule has 1 aliphatic heterocycles. The molecule has 1 heterocycles. The molecule has 0 radical (unpaired) electrons. The van der Waals surface area contributed by atoms with Crippen molar-refractivity contribution in [1.82, 2.24) is 5.32 Å². The third-order valence-electron chi connectivity index (χ3n) is 3.33. The van der Waals surface area contributed by atoms with Gasteiger partial charge in [-0.05, 0) is 41.9 Å². The normalized spacial score (nSPS) is 22.2. The highest BCUT2D eigenvalue weighted by atomic mass is 79.9. The number of rotatable bonds is 3. The number of carbonyl (C=O) groups is 1. The van der Waals surface area contributed by atoms with Gasteiger partial charge in [-0.2, -0.15) is 0 Å². The van der Waals surface area contributed by atoms with E-state index in [9.17, 15) is 14.9 Å². The molecule has 6 nitrogen and oxygen atoms in total. The van der Waals surface area contributed by atoms with Crippen LogP contribution in [-0.2, 0) is 4.79 Å². The monoisotopic (exact) mass is 327 g/mol. The Morgan fingerprint density at radius 2 is 2.32 bits per heavy atom. The molecule has 0 aliphatic carbocycles. The molecule has 0 saturated carbocycles. The van der Waals surface area contributed by atoms with Crippen LogP contribution in [0.1, 0.15) is 13.3 Å². The van der Waals surface area contributed by atoms with Gasteiger partial charge in [0.15, 0.2) is 0 Å². The predicted molar refractivity (Wildman–Crippen MR) is 75.0 cm³/mol. The molecule has 1 aliphatic rings. The molecule has 1 atom stereocenters. The van der Waals surface area contributed by atoms with Crippen LogP contribution >= 0.6 is 15.9 Å². The molecule has 0 aromatic heterocycles. The molecule has 0 spiro atoms. The maximum Gasteiger partial charge on any atom is 0.271 e. The van der Waals surface area contributed by atoms with Crippen molar-refractivity contribution in [2.24, 2.45) is 5.41 Å². The Hall–Kier alpha value is -1.47. The number of halogens is 1. The van der Waals surface area contributed by atoms with Crippen LogP contribution in [0.4, 0.5) is 11.4 Å². The van der Waals surface area contributed by atoms with E-state index in [1.165, 1.54) is 12.1 Å². The second kappa shape index (κ2) is 5.26. The summed E-state index contributed by atoms with van der Waals surface area (Å²) >= 11 is 3.28. The van der Waals surface area contributed by atoms with E-state index in [2.05, 4.69) is 26.6 Å². The van der Waals surface area contributed by atoms with Crippen LogP contribution in [0.5, 0.6) is 0 Å². The topological polar surface area (TPSA) is 84.3 Å². The zero-order valence-electron chi connectivity index (χ0n) is 10.4. The lowest BCUT2D eigenvalue weighted by Gasteiger charge is -2.21. The van der Waals surface area contributed by atoms with Crippen molar-refractivity contribution >= 4 is 33.2 Å². The van der Waals surface area contributed by atoms with Crippen LogP contribution in [0.2, 0.25) is 0 Å². The summed E-state index contributed by atoms with van der Waals surface area (Å²) in [5.74, 6) is -0.126. The fraction of sp³-hybridized carbons (Fsp3) is 0.417. The lowest BCUT2D eigenvalue weighted by molar-refractivity contribution is -0.384. The highest BCUT2D eigenvalue weighted by Crippen LogP contribution is 2.31. The number of hydrogen-bond acceptors (Lipinski definition) is 4. The molecule has 1 aromatic carbocycles. The second-order valence-electron chi connectivity index (χ2n) is 4.86. The number of anilines is 1. The Kier molecular flexibility index (Phi) is 3.86. The van der Waals surface area contributed by atoms with Crippen LogP contribution in [0.15, 0.2) is 22.7 Å². The lowest BCUT2D eigenvalue weighted by Crippen LogP contribution is -2.35. The zero-order valence-corrected chi connectivity index (χ0v) is 12.0. The number of hydrogen-bond donors (Lipinski definition) is 2. The lowest BCUT2D eigenvalue weighted by atomic mass is 9.89. The predicted octanol–water partition coefficient (Wildman–Crippen LogP) is 2.30. The Labute approximate surface area is 118 Å². The summed E-state index contributed by atoms with van der Waals surface area (Å²) in [5.41, 5.74) is -0.0927. The average Bonchev–Trinajstić information content (AvgIpc) is 2.80. The van der Waals surface area contributed by atoms with Crippen molar-refractivity contribution in [1.29, 1.82) is 0 Å². The van der Waals surface area contributed by atoms with E-state index in [4.69, 9.17) is 0 Å². The summed E-state index contributed by atoms with van der Waals surface area (Å²) in [5, 5.41) is 16.6. The summed E-state index contributed by atoms with van der Waals surface area (Å²) in [6.07, 6.45) is 0.755. The third kappa shape index (κ3) is 2.93. The van der Waals surface area contributed by atoms with Crippen molar-refractivity contribution in [2.75, 3.05) is 18.4 Å². The van der Waals surface area contributed by atoms with Gasteiger partial charge in [-0.25, -0.2) is 0 Å². The molecular weight excluding hydrogens is 314 g/mol. The van der Waals surface area contributed by atoms with Gasteiger partial charge in [0, 0.05) is 23.2 Å². The average molecular weight is 328 g/mol. The van der Waals surface area contributed by atoms with Gasteiger partial charge in [-0.1, -0.05) is 0 Å². The quantitative estimate of drug-likeness (QED) is 0.659. The number of amides is 1. The number of nitrogens with zero attached hydrogens (tertiary/aromatic N) is 1. The highest BCUT2D eigenvalue weighted by Gasteiger charge is 2.36. The number of non-ortho nitro benzene ring substituents is 1. The minimum Gasteiger partial charge on any atom is -0.324 e. The Bertz CT molecular complexity index is 527. The Morgan fingerprint density at radius 1 is 1.58 bits per heavy atom. The van der Waals surface area contributed by atoms with Crippen LogP contribution in [-0.4, -0.2) is 23.9 Å². The standard InChI is InChI=1S/C12H14BrN3O3/c1-12(4-5-14-7-12)11(17)15-10-6-8(16(18)19)2-3-9(10)13/h2-3,6,14H,4-5,7H2,1H3,(H,15,17). The minimum atomic E-state index is -0.485. The zero-order chi connectivity index (χ0) is 14.0. The van der Waals surface area contributed by atoms with Crippen molar-refractivity contribution < 1.29 is 9.72 Å². The van der Waals surface area contributed by atoms with Crippen LogP contribution in [0.25, 0.3) is 0 Å². The van der Waals surface area contributed by atoms with Gasteiger partial charge in [0.1, 0.15) is 0 Å². The second-order valence-corrected chi connectivity index (χ2v) is 5.72. The van der Waals surface area contributed by atoms with E-state index < -0.39 is 10.3 Å². The number of carbonyl (C=O) groups excluding carboxylic acids is 1. The first-order valence-electron chi connectivity index (χ1n) is 5.88. The number of benzene rings is 1. The van der Waals surface area contributed by atoms with Crippen LogP contribution < -0.4 is 10.6 Å². The molecule has 1 fully saturated rings. The molecule has 19 heavy (non-hydrogen) atoms. The maximum atomic E-state index is 12.2. The van der Waals surface area contributed by atoms with Gasteiger partial charge in [0.05, 0.1) is 16.0 Å². The van der Waals surface area contributed by atoms with E-state index in [1.807, 2.05) is 6.92 Å².